The van der Waals surface area contributed by atoms with Crippen molar-refractivity contribution in [3.8, 4) is 0 Å². The topological polar surface area (TPSA) is 47.5 Å². The lowest BCUT2D eigenvalue weighted by Crippen LogP contribution is -2.23. The third-order valence-electron chi connectivity index (χ3n) is 4.87. The Balaban J connectivity index is 1.78. The van der Waals surface area contributed by atoms with Gasteiger partial charge in [0.1, 0.15) is 0 Å². The molecule has 0 unspecified atom stereocenters. The average Bonchev–Trinajstić information content (AvgIpc) is 3.03. The molecule has 2 aromatic carbocycles. The lowest BCUT2D eigenvalue weighted by atomic mass is 10.2. The Bertz CT molecular complexity index is 1290. The molecule has 0 fully saturated rings. The molecule has 6 nitrogen and oxygen atoms in total. The zero-order chi connectivity index (χ0) is 20.5. The summed E-state index contributed by atoms with van der Waals surface area (Å²) in [4.78, 5) is 15.1. The Morgan fingerprint density at radius 2 is 1.86 bits per heavy atom. The Hall–Kier alpha value is -2.48. The fourth-order valence-electron chi connectivity index (χ4n) is 3.57. The highest BCUT2D eigenvalue weighted by molar-refractivity contribution is 7.71. The molecule has 0 N–H and O–H groups in total. The lowest BCUT2D eigenvalue weighted by molar-refractivity contribution is 0.244. The maximum atomic E-state index is 13.0. The van der Waals surface area contributed by atoms with Crippen molar-refractivity contribution >= 4 is 40.5 Å². The van der Waals surface area contributed by atoms with Gasteiger partial charge in [-0.2, -0.15) is 0 Å². The summed E-state index contributed by atoms with van der Waals surface area (Å²) in [6.45, 7) is 3.89. The number of fused-ring (bicyclic) bond motifs is 3. The molecule has 29 heavy (non-hydrogen) atoms. The summed E-state index contributed by atoms with van der Waals surface area (Å²) >= 11 is 11.7. The van der Waals surface area contributed by atoms with E-state index >= 15 is 0 Å². The third-order valence-corrected chi connectivity index (χ3v) is 5.52. The van der Waals surface area contributed by atoms with Crippen LogP contribution >= 0.6 is 23.8 Å². The van der Waals surface area contributed by atoms with E-state index in [0.717, 1.165) is 29.1 Å². The van der Waals surface area contributed by atoms with E-state index in [4.69, 9.17) is 28.9 Å². The number of para-hydroxylation sites is 1. The summed E-state index contributed by atoms with van der Waals surface area (Å²) in [6, 6.07) is 15.3. The summed E-state index contributed by atoms with van der Waals surface area (Å²) in [6.07, 6.45) is 0.837. The number of aromatic nitrogens is 4. The zero-order valence-electron chi connectivity index (χ0n) is 16.4. The van der Waals surface area contributed by atoms with Crippen molar-refractivity contribution in [1.29, 1.82) is 0 Å². The van der Waals surface area contributed by atoms with Crippen molar-refractivity contribution in [3.05, 3.63) is 74.2 Å². The van der Waals surface area contributed by atoms with Gasteiger partial charge in [0.2, 0.25) is 10.5 Å². The minimum atomic E-state index is -0.0309. The molecule has 0 aliphatic rings. The van der Waals surface area contributed by atoms with Crippen molar-refractivity contribution in [3.63, 3.8) is 0 Å². The van der Waals surface area contributed by atoms with Crippen LogP contribution in [0.1, 0.15) is 18.9 Å². The molecule has 0 bridgehead atoms. The standard InChI is InChI=1S/C21H22ClN5OS/c1-3-12-25-19(28)17-6-4-5-7-18(17)27-20(25)23-26(21(27)29)14-24(2)13-15-8-10-16(22)11-9-15/h4-11H,3,12-14H2,1-2H3. The monoisotopic (exact) mass is 427 g/mol. The Morgan fingerprint density at radius 3 is 2.59 bits per heavy atom. The lowest BCUT2D eigenvalue weighted by Gasteiger charge is -2.16. The van der Waals surface area contributed by atoms with E-state index in [2.05, 4.69) is 4.90 Å². The van der Waals surface area contributed by atoms with Crippen LogP contribution in [-0.4, -0.2) is 30.7 Å². The molecule has 2 heterocycles. The third kappa shape index (κ3) is 3.73. The summed E-state index contributed by atoms with van der Waals surface area (Å²) in [7, 11) is 2.01. The van der Waals surface area contributed by atoms with Crippen molar-refractivity contribution < 1.29 is 0 Å². The molecule has 0 aliphatic heterocycles. The predicted molar refractivity (Wildman–Crippen MR) is 119 cm³/mol. The van der Waals surface area contributed by atoms with Gasteiger partial charge in [0.05, 0.1) is 17.6 Å². The van der Waals surface area contributed by atoms with Gasteiger partial charge in [-0.15, -0.1) is 5.10 Å². The molecule has 0 saturated heterocycles. The van der Waals surface area contributed by atoms with Crippen LogP contribution in [0.4, 0.5) is 0 Å². The normalized spacial score (nSPS) is 11.7. The number of aryl methyl sites for hydroxylation is 1. The first kappa shape index (κ1) is 19.8. The first-order valence-corrected chi connectivity index (χ1v) is 10.3. The van der Waals surface area contributed by atoms with E-state index in [1.165, 1.54) is 0 Å². The van der Waals surface area contributed by atoms with E-state index in [0.29, 0.717) is 29.1 Å². The van der Waals surface area contributed by atoms with Gasteiger partial charge >= 0.3 is 0 Å². The smallest absolute Gasteiger partial charge is 0.262 e. The molecular formula is C21H22ClN5OS. The van der Waals surface area contributed by atoms with Gasteiger partial charge in [-0.1, -0.05) is 42.8 Å². The fourth-order valence-corrected chi connectivity index (χ4v) is 3.97. The minimum absolute atomic E-state index is 0.0309. The second-order valence-corrected chi connectivity index (χ2v) is 7.98. The quantitative estimate of drug-likeness (QED) is 0.429. The number of hydrogen-bond acceptors (Lipinski definition) is 4. The molecule has 150 valence electrons. The molecule has 0 amide bonds. The van der Waals surface area contributed by atoms with Gasteiger partial charge in [0, 0.05) is 18.1 Å². The first-order valence-electron chi connectivity index (χ1n) is 9.53. The number of hydrogen-bond donors (Lipinski definition) is 0. The predicted octanol–water partition coefficient (Wildman–Crippen LogP) is 4.33. The van der Waals surface area contributed by atoms with Crippen LogP contribution in [0.2, 0.25) is 5.02 Å². The maximum Gasteiger partial charge on any atom is 0.262 e. The van der Waals surface area contributed by atoms with Gasteiger partial charge in [0.15, 0.2) is 0 Å². The van der Waals surface area contributed by atoms with Gasteiger partial charge in [0.25, 0.3) is 5.56 Å². The summed E-state index contributed by atoms with van der Waals surface area (Å²) < 4.78 is 5.97. The molecule has 0 spiro atoms. The Kier molecular flexibility index (Phi) is 5.54. The van der Waals surface area contributed by atoms with Gasteiger partial charge < -0.3 is 0 Å². The first-order chi connectivity index (χ1) is 14.0. The average molecular weight is 428 g/mol. The van der Waals surface area contributed by atoms with E-state index in [-0.39, 0.29) is 5.56 Å². The van der Waals surface area contributed by atoms with Crippen molar-refractivity contribution in [2.45, 2.75) is 33.1 Å². The summed E-state index contributed by atoms with van der Waals surface area (Å²) in [5, 5.41) is 6.09. The van der Waals surface area contributed by atoms with Crippen molar-refractivity contribution in [2.24, 2.45) is 0 Å². The highest BCUT2D eigenvalue weighted by Gasteiger charge is 2.15. The largest absolute Gasteiger partial charge is 0.283 e. The van der Waals surface area contributed by atoms with Crippen LogP contribution in [0.3, 0.4) is 0 Å². The second-order valence-electron chi connectivity index (χ2n) is 7.17. The molecule has 0 aliphatic carbocycles. The van der Waals surface area contributed by atoms with E-state index in [9.17, 15) is 4.79 Å². The highest BCUT2D eigenvalue weighted by atomic mass is 35.5. The molecule has 0 saturated carbocycles. The zero-order valence-corrected chi connectivity index (χ0v) is 18.0. The van der Waals surface area contributed by atoms with E-state index in [1.54, 1.807) is 9.25 Å². The van der Waals surface area contributed by atoms with Gasteiger partial charge in [-0.25, -0.2) is 4.68 Å². The summed E-state index contributed by atoms with van der Waals surface area (Å²) in [5.41, 5.74) is 1.91. The number of rotatable bonds is 6. The molecule has 4 rings (SSSR count). The van der Waals surface area contributed by atoms with Gasteiger partial charge in [-0.05, 0) is 55.5 Å². The van der Waals surface area contributed by atoms with E-state index in [1.807, 2.05) is 66.9 Å². The minimum Gasteiger partial charge on any atom is -0.283 e. The fraction of sp³-hybridized carbons (Fsp3) is 0.286. The van der Waals surface area contributed by atoms with Gasteiger partial charge in [-0.3, -0.25) is 18.7 Å². The van der Waals surface area contributed by atoms with Crippen LogP contribution in [0.5, 0.6) is 0 Å². The molecule has 4 aromatic rings. The Morgan fingerprint density at radius 1 is 1.14 bits per heavy atom. The van der Waals surface area contributed by atoms with E-state index < -0.39 is 0 Å². The molecular weight excluding hydrogens is 406 g/mol. The number of nitrogens with zero attached hydrogens (tertiary/aromatic N) is 5. The molecule has 0 atom stereocenters. The number of halogens is 1. The number of benzene rings is 2. The molecule has 0 radical (unpaired) electrons. The van der Waals surface area contributed by atoms with Crippen molar-refractivity contribution in [1.82, 2.24) is 23.6 Å². The molecule has 2 aromatic heterocycles. The van der Waals surface area contributed by atoms with Crippen LogP contribution in [0.25, 0.3) is 16.7 Å². The second kappa shape index (κ2) is 8.10. The highest BCUT2D eigenvalue weighted by Crippen LogP contribution is 2.15. The Labute approximate surface area is 178 Å². The van der Waals surface area contributed by atoms with Crippen molar-refractivity contribution in [2.75, 3.05) is 7.05 Å². The van der Waals surface area contributed by atoms with Crippen LogP contribution in [0.15, 0.2) is 53.3 Å². The molecule has 8 heteroatoms. The maximum absolute atomic E-state index is 13.0. The SMILES string of the molecule is CCCn1c(=O)c2ccccc2n2c(=S)n(CN(C)Cc3ccc(Cl)cc3)nc12. The van der Waals surface area contributed by atoms with Crippen LogP contribution in [0, 0.1) is 4.77 Å². The van der Waals surface area contributed by atoms with Crippen LogP contribution < -0.4 is 5.56 Å². The summed E-state index contributed by atoms with van der Waals surface area (Å²) in [5.74, 6) is 0.584. The van der Waals surface area contributed by atoms with Crippen LogP contribution in [-0.2, 0) is 19.8 Å².